The lowest BCUT2D eigenvalue weighted by atomic mass is 10.2. The molecule has 0 aromatic heterocycles. The fourth-order valence-corrected chi connectivity index (χ4v) is 1.41. The van der Waals surface area contributed by atoms with Gasteiger partial charge in [-0.15, -0.1) is 0 Å². The number of ether oxygens (including phenoxy) is 2. The van der Waals surface area contributed by atoms with Crippen molar-refractivity contribution in [2.45, 2.75) is 33.3 Å². The lowest BCUT2D eigenvalue weighted by Crippen LogP contribution is -2.28. The summed E-state index contributed by atoms with van der Waals surface area (Å²) in [6.07, 6.45) is 0. The van der Waals surface area contributed by atoms with Crippen molar-refractivity contribution < 1.29 is 14.3 Å². The molecule has 0 atom stereocenters. The molecule has 0 fully saturated rings. The van der Waals surface area contributed by atoms with Crippen LogP contribution in [0.5, 0.6) is 5.75 Å². The molecule has 0 aliphatic heterocycles. The Morgan fingerprint density at radius 1 is 1.33 bits per heavy atom. The molecule has 1 aromatic carbocycles. The first-order chi connectivity index (χ1) is 8.40. The topological polar surface area (TPSA) is 47.6 Å². The quantitative estimate of drug-likeness (QED) is 0.817. The van der Waals surface area contributed by atoms with Crippen molar-refractivity contribution in [2.75, 3.05) is 18.5 Å². The smallest absolute Gasteiger partial charge is 0.325 e. The fourth-order valence-electron chi connectivity index (χ4n) is 1.41. The van der Waals surface area contributed by atoms with Crippen LogP contribution in [0.4, 0.5) is 5.69 Å². The number of anilines is 1. The number of esters is 1. The average molecular weight is 251 g/mol. The third-order valence-corrected chi connectivity index (χ3v) is 2.00. The molecule has 0 aliphatic carbocycles. The molecule has 0 unspecified atom stereocenters. The lowest BCUT2D eigenvalue weighted by molar-refractivity contribution is -0.152. The van der Waals surface area contributed by atoms with Gasteiger partial charge in [0.15, 0.2) is 0 Å². The standard InChI is InChI=1S/C14H21NO3/c1-5-17-12-8-6-7-11(9-12)15-10-13(16)18-14(2,3)4/h6-9,15H,5,10H2,1-4H3. The highest BCUT2D eigenvalue weighted by molar-refractivity contribution is 5.75. The molecular formula is C14H21NO3. The second-order valence-electron chi connectivity index (χ2n) is 4.90. The Morgan fingerprint density at radius 3 is 2.67 bits per heavy atom. The van der Waals surface area contributed by atoms with E-state index in [1.807, 2.05) is 52.0 Å². The normalized spacial score (nSPS) is 10.9. The van der Waals surface area contributed by atoms with E-state index >= 15 is 0 Å². The number of benzene rings is 1. The van der Waals surface area contributed by atoms with Crippen LogP contribution in [0.1, 0.15) is 27.7 Å². The van der Waals surface area contributed by atoms with Gasteiger partial charge in [0.1, 0.15) is 17.9 Å². The summed E-state index contributed by atoms with van der Waals surface area (Å²) < 4.78 is 10.6. The highest BCUT2D eigenvalue weighted by Gasteiger charge is 2.15. The van der Waals surface area contributed by atoms with E-state index in [-0.39, 0.29) is 12.5 Å². The number of rotatable bonds is 5. The Labute approximate surface area is 108 Å². The van der Waals surface area contributed by atoms with Gasteiger partial charge in [-0.05, 0) is 39.8 Å². The third-order valence-electron chi connectivity index (χ3n) is 2.00. The van der Waals surface area contributed by atoms with Crippen molar-refractivity contribution >= 4 is 11.7 Å². The summed E-state index contributed by atoms with van der Waals surface area (Å²) in [5, 5.41) is 3.01. The van der Waals surface area contributed by atoms with E-state index in [1.165, 1.54) is 0 Å². The number of hydrogen-bond acceptors (Lipinski definition) is 4. The predicted octanol–water partition coefficient (Wildman–Crippen LogP) is 2.84. The lowest BCUT2D eigenvalue weighted by Gasteiger charge is -2.19. The molecule has 0 saturated heterocycles. The second kappa shape index (κ2) is 6.28. The molecule has 0 saturated carbocycles. The zero-order valence-electron chi connectivity index (χ0n) is 11.4. The molecule has 0 spiro atoms. The van der Waals surface area contributed by atoms with Crippen LogP contribution in [0, 0.1) is 0 Å². The molecular weight excluding hydrogens is 230 g/mol. The Morgan fingerprint density at radius 2 is 2.06 bits per heavy atom. The van der Waals surface area contributed by atoms with Crippen LogP contribution in [-0.2, 0) is 9.53 Å². The van der Waals surface area contributed by atoms with Gasteiger partial charge >= 0.3 is 5.97 Å². The maximum Gasteiger partial charge on any atom is 0.325 e. The van der Waals surface area contributed by atoms with Crippen LogP contribution in [0.2, 0.25) is 0 Å². The SMILES string of the molecule is CCOc1cccc(NCC(=O)OC(C)(C)C)c1. The molecule has 1 rings (SSSR count). The Bertz CT molecular complexity index is 396. The van der Waals surface area contributed by atoms with Gasteiger partial charge in [-0.3, -0.25) is 4.79 Å². The van der Waals surface area contributed by atoms with E-state index < -0.39 is 5.60 Å². The van der Waals surface area contributed by atoms with Crippen LogP contribution in [0.25, 0.3) is 0 Å². The second-order valence-corrected chi connectivity index (χ2v) is 4.90. The van der Waals surface area contributed by atoms with Gasteiger partial charge < -0.3 is 14.8 Å². The molecule has 0 radical (unpaired) electrons. The summed E-state index contributed by atoms with van der Waals surface area (Å²) >= 11 is 0. The summed E-state index contributed by atoms with van der Waals surface area (Å²) in [5.41, 5.74) is 0.387. The van der Waals surface area contributed by atoms with Crippen LogP contribution in [-0.4, -0.2) is 24.7 Å². The van der Waals surface area contributed by atoms with Crippen molar-refractivity contribution in [1.29, 1.82) is 0 Å². The summed E-state index contributed by atoms with van der Waals surface area (Å²) in [7, 11) is 0. The van der Waals surface area contributed by atoms with Crippen LogP contribution in [0.3, 0.4) is 0 Å². The summed E-state index contributed by atoms with van der Waals surface area (Å²) in [6.45, 7) is 8.24. The first-order valence-corrected chi connectivity index (χ1v) is 6.09. The van der Waals surface area contributed by atoms with Crippen molar-refractivity contribution in [2.24, 2.45) is 0 Å². The van der Waals surface area contributed by atoms with Crippen molar-refractivity contribution in [1.82, 2.24) is 0 Å². The largest absolute Gasteiger partial charge is 0.494 e. The number of carbonyl (C=O) groups is 1. The molecule has 1 N–H and O–H groups in total. The van der Waals surface area contributed by atoms with Gasteiger partial charge in [-0.1, -0.05) is 6.07 Å². The maximum absolute atomic E-state index is 11.5. The van der Waals surface area contributed by atoms with Crippen molar-refractivity contribution in [3.8, 4) is 5.75 Å². The Hall–Kier alpha value is -1.71. The zero-order valence-corrected chi connectivity index (χ0v) is 11.4. The van der Waals surface area contributed by atoms with Gasteiger partial charge in [0.05, 0.1) is 6.61 Å². The first kappa shape index (κ1) is 14.4. The molecule has 1 aromatic rings. The minimum Gasteiger partial charge on any atom is -0.494 e. The van der Waals surface area contributed by atoms with Crippen LogP contribution < -0.4 is 10.1 Å². The van der Waals surface area contributed by atoms with E-state index in [4.69, 9.17) is 9.47 Å². The minimum absolute atomic E-state index is 0.146. The van der Waals surface area contributed by atoms with Gasteiger partial charge in [0.2, 0.25) is 0 Å². The highest BCUT2D eigenvalue weighted by atomic mass is 16.6. The molecule has 4 nitrogen and oxygen atoms in total. The van der Waals surface area contributed by atoms with E-state index in [0.717, 1.165) is 11.4 Å². The van der Waals surface area contributed by atoms with Crippen molar-refractivity contribution in [3.63, 3.8) is 0 Å². The van der Waals surface area contributed by atoms with Crippen molar-refractivity contribution in [3.05, 3.63) is 24.3 Å². The van der Waals surface area contributed by atoms with Crippen LogP contribution >= 0.6 is 0 Å². The van der Waals surface area contributed by atoms with Crippen LogP contribution in [0.15, 0.2) is 24.3 Å². The Balaban J connectivity index is 2.48. The molecule has 100 valence electrons. The summed E-state index contributed by atoms with van der Waals surface area (Å²) in [6, 6.07) is 7.49. The predicted molar refractivity (Wildman–Crippen MR) is 71.9 cm³/mol. The van der Waals surface area contributed by atoms with Gasteiger partial charge in [-0.25, -0.2) is 0 Å². The number of hydrogen-bond donors (Lipinski definition) is 1. The van der Waals surface area contributed by atoms with Gasteiger partial charge in [-0.2, -0.15) is 0 Å². The zero-order chi connectivity index (χ0) is 13.6. The molecule has 0 bridgehead atoms. The van der Waals surface area contributed by atoms with E-state index in [2.05, 4.69) is 5.32 Å². The molecule has 0 aliphatic rings. The summed E-state index contributed by atoms with van der Waals surface area (Å²) in [5.74, 6) is 0.510. The molecule has 0 amide bonds. The van der Waals surface area contributed by atoms with E-state index in [9.17, 15) is 4.79 Å². The average Bonchev–Trinajstić information content (AvgIpc) is 2.25. The number of carbonyl (C=O) groups excluding carboxylic acids is 1. The monoisotopic (exact) mass is 251 g/mol. The van der Waals surface area contributed by atoms with Gasteiger partial charge in [0, 0.05) is 11.8 Å². The van der Waals surface area contributed by atoms with Gasteiger partial charge in [0.25, 0.3) is 0 Å². The fraction of sp³-hybridized carbons (Fsp3) is 0.500. The molecule has 18 heavy (non-hydrogen) atoms. The highest BCUT2D eigenvalue weighted by Crippen LogP contribution is 2.17. The molecule has 4 heteroatoms. The van der Waals surface area contributed by atoms with E-state index in [1.54, 1.807) is 0 Å². The number of nitrogens with one attached hydrogen (secondary N) is 1. The first-order valence-electron chi connectivity index (χ1n) is 6.09. The third kappa shape index (κ3) is 5.57. The Kier molecular flexibility index (Phi) is 5.01. The summed E-state index contributed by atoms with van der Waals surface area (Å²) in [4.78, 5) is 11.5. The van der Waals surface area contributed by atoms with E-state index in [0.29, 0.717) is 6.61 Å². The maximum atomic E-state index is 11.5. The molecule has 0 heterocycles. The minimum atomic E-state index is -0.452.